The molecule has 2 aliphatic rings. The molecule has 0 spiro atoms. The third kappa shape index (κ3) is 4.06. The van der Waals surface area contributed by atoms with Crippen LogP contribution in [0, 0.1) is 0 Å². The van der Waals surface area contributed by atoms with Crippen LogP contribution in [0.15, 0.2) is 140 Å². The summed E-state index contributed by atoms with van der Waals surface area (Å²) in [5.41, 5.74) is 15.8. The van der Waals surface area contributed by atoms with Gasteiger partial charge in [0.05, 0.1) is 10.4 Å². The Morgan fingerprint density at radius 1 is 0.556 bits per heavy atom. The molecule has 9 rings (SSSR count). The number of benzene rings is 6. The van der Waals surface area contributed by atoms with Gasteiger partial charge in [0.2, 0.25) is 0 Å². The molecule has 0 bridgehead atoms. The minimum atomic E-state index is -0.0669. The second kappa shape index (κ2) is 10.1. The molecule has 2 heteroatoms. The summed E-state index contributed by atoms with van der Waals surface area (Å²) in [6.45, 7) is 4.73. The monoisotopic (exact) mass is 595 g/mol. The Bertz CT molecular complexity index is 2240. The molecule has 0 N–H and O–H groups in total. The molecule has 0 saturated heterocycles. The van der Waals surface area contributed by atoms with Gasteiger partial charge in [-0.05, 0) is 87.7 Å². The van der Waals surface area contributed by atoms with Gasteiger partial charge in [-0.15, -0.1) is 11.3 Å². The zero-order valence-electron chi connectivity index (χ0n) is 25.5. The van der Waals surface area contributed by atoms with E-state index in [0.717, 1.165) is 12.8 Å². The molecule has 1 aromatic heterocycles. The Labute approximate surface area is 269 Å². The highest BCUT2D eigenvalue weighted by Gasteiger charge is 2.36. The van der Waals surface area contributed by atoms with Crippen molar-refractivity contribution < 1.29 is 0 Å². The molecule has 45 heavy (non-hydrogen) atoms. The average Bonchev–Trinajstić information content (AvgIpc) is 3.59. The number of anilines is 3. The zero-order valence-corrected chi connectivity index (χ0v) is 26.4. The van der Waals surface area contributed by atoms with Crippen LogP contribution in [-0.4, -0.2) is 0 Å². The molecular weight excluding hydrogens is 563 g/mol. The molecule has 216 valence electrons. The van der Waals surface area contributed by atoms with E-state index in [0.29, 0.717) is 0 Å². The lowest BCUT2D eigenvalue weighted by Gasteiger charge is -2.28. The van der Waals surface area contributed by atoms with Crippen molar-refractivity contribution in [2.75, 3.05) is 4.90 Å². The number of aryl methyl sites for hydroxylation is 2. The van der Waals surface area contributed by atoms with Gasteiger partial charge in [-0.1, -0.05) is 123 Å². The minimum absolute atomic E-state index is 0.0669. The van der Waals surface area contributed by atoms with Crippen LogP contribution >= 0.6 is 11.3 Å². The summed E-state index contributed by atoms with van der Waals surface area (Å²) in [4.78, 5) is 3.99. The van der Waals surface area contributed by atoms with Crippen molar-refractivity contribution >= 4 is 38.5 Å². The summed E-state index contributed by atoms with van der Waals surface area (Å²) in [5.74, 6) is 0. The Morgan fingerprint density at radius 3 is 2.09 bits per heavy atom. The molecule has 7 aromatic rings. The third-order valence-electron chi connectivity index (χ3n) is 9.97. The maximum atomic E-state index is 2.49. The zero-order chi connectivity index (χ0) is 30.1. The molecule has 0 amide bonds. The van der Waals surface area contributed by atoms with Crippen molar-refractivity contribution in [1.82, 2.24) is 0 Å². The predicted molar refractivity (Wildman–Crippen MR) is 192 cm³/mol. The van der Waals surface area contributed by atoms with E-state index in [1.165, 1.54) is 82.1 Å². The fourth-order valence-corrected chi connectivity index (χ4v) is 9.04. The van der Waals surface area contributed by atoms with Gasteiger partial charge in [0, 0.05) is 32.6 Å². The van der Waals surface area contributed by atoms with Gasteiger partial charge >= 0.3 is 0 Å². The summed E-state index contributed by atoms with van der Waals surface area (Å²) in [7, 11) is 0. The fourth-order valence-electron chi connectivity index (χ4n) is 7.72. The summed E-state index contributed by atoms with van der Waals surface area (Å²) in [6, 6.07) is 51.7. The molecule has 0 saturated carbocycles. The van der Waals surface area contributed by atoms with Crippen molar-refractivity contribution in [2.45, 2.75) is 32.1 Å². The summed E-state index contributed by atoms with van der Waals surface area (Å²) in [5, 5.41) is 1.36. The van der Waals surface area contributed by atoms with Gasteiger partial charge in [0.25, 0.3) is 0 Å². The lowest BCUT2D eigenvalue weighted by molar-refractivity contribution is 0.660. The number of hydrogen-bond donors (Lipinski definition) is 0. The molecule has 6 aromatic carbocycles. The van der Waals surface area contributed by atoms with Gasteiger partial charge in [0.15, 0.2) is 0 Å². The van der Waals surface area contributed by atoms with E-state index in [1.807, 2.05) is 11.3 Å². The van der Waals surface area contributed by atoms with Crippen LogP contribution in [0.2, 0.25) is 0 Å². The molecule has 0 radical (unpaired) electrons. The molecule has 1 nitrogen and oxygen atoms in total. The molecule has 0 fully saturated rings. The minimum Gasteiger partial charge on any atom is -0.309 e. The van der Waals surface area contributed by atoms with E-state index in [1.54, 1.807) is 0 Å². The van der Waals surface area contributed by atoms with Crippen LogP contribution in [0.1, 0.15) is 35.4 Å². The van der Waals surface area contributed by atoms with Crippen molar-refractivity contribution in [3.8, 4) is 33.4 Å². The van der Waals surface area contributed by atoms with Gasteiger partial charge in [-0.25, -0.2) is 0 Å². The summed E-state index contributed by atoms with van der Waals surface area (Å²) < 4.78 is 1.36. The van der Waals surface area contributed by atoms with Crippen molar-refractivity contribution in [2.24, 2.45) is 0 Å². The second-order valence-electron chi connectivity index (χ2n) is 12.9. The first-order chi connectivity index (χ1) is 22.1. The maximum absolute atomic E-state index is 2.49. The largest absolute Gasteiger partial charge is 0.309 e. The lowest BCUT2D eigenvalue weighted by atomic mass is 9.82. The van der Waals surface area contributed by atoms with E-state index in [2.05, 4.69) is 158 Å². The Morgan fingerprint density at radius 2 is 1.24 bits per heavy atom. The molecule has 2 aliphatic carbocycles. The number of hydrogen-bond acceptors (Lipinski definition) is 2. The predicted octanol–water partition coefficient (Wildman–Crippen LogP) is 12.1. The Balaban J connectivity index is 1.25. The Hall–Kier alpha value is -4.92. The molecule has 0 atom stereocenters. The highest BCUT2D eigenvalue weighted by atomic mass is 32.1. The maximum Gasteiger partial charge on any atom is 0.0640 e. The molecule has 0 aliphatic heterocycles. The average molecular weight is 596 g/mol. The molecule has 0 unspecified atom stereocenters. The quantitative estimate of drug-likeness (QED) is 0.196. The van der Waals surface area contributed by atoms with Crippen molar-refractivity contribution in [3.05, 3.63) is 161 Å². The summed E-state index contributed by atoms with van der Waals surface area (Å²) >= 11 is 1.98. The van der Waals surface area contributed by atoms with E-state index >= 15 is 0 Å². The first kappa shape index (κ1) is 26.5. The molecule has 1 heterocycles. The van der Waals surface area contributed by atoms with Crippen LogP contribution < -0.4 is 4.90 Å². The number of rotatable bonds is 4. The van der Waals surface area contributed by atoms with E-state index in [4.69, 9.17) is 0 Å². The highest BCUT2D eigenvalue weighted by molar-refractivity contribution is 7.20. The SMILES string of the molecule is CC1(C)c2ccccc2-c2ccc(N(c3ccc(-c4ccccc4)cc3)c3cccc4c5c(sc34)CCc3ccccc3-5)cc21. The number of thiophene rings is 1. The van der Waals surface area contributed by atoms with Crippen LogP contribution in [0.5, 0.6) is 0 Å². The second-order valence-corrected chi connectivity index (χ2v) is 14.0. The van der Waals surface area contributed by atoms with Gasteiger partial charge in [0.1, 0.15) is 0 Å². The standard InChI is InChI=1S/C43H33NS/c1-43(2)37-17-9-8-15-34(37)35-25-24-32(27-38(35)43)44(31-22-19-29(20-23-31)28-11-4-3-5-12-28)39-18-10-16-36-41-33-14-7-6-13-30(33)21-26-40(41)45-42(36)39/h3-20,22-25,27H,21,26H2,1-2H3. The number of fused-ring (bicyclic) bond motifs is 8. The van der Waals surface area contributed by atoms with Gasteiger partial charge in [-0.3, -0.25) is 0 Å². The normalized spacial score (nSPS) is 14.0. The fraction of sp³-hybridized carbons (Fsp3) is 0.116. The Kier molecular flexibility index (Phi) is 5.92. The van der Waals surface area contributed by atoms with E-state index in [-0.39, 0.29) is 5.41 Å². The third-order valence-corrected chi connectivity index (χ3v) is 11.3. The van der Waals surface area contributed by atoms with Crippen molar-refractivity contribution in [3.63, 3.8) is 0 Å². The first-order valence-corrected chi connectivity index (χ1v) is 16.7. The van der Waals surface area contributed by atoms with Crippen LogP contribution in [0.3, 0.4) is 0 Å². The number of nitrogens with zero attached hydrogens (tertiary/aromatic N) is 1. The van der Waals surface area contributed by atoms with Crippen LogP contribution in [-0.2, 0) is 18.3 Å². The van der Waals surface area contributed by atoms with E-state index in [9.17, 15) is 0 Å². The van der Waals surface area contributed by atoms with Gasteiger partial charge in [-0.2, -0.15) is 0 Å². The van der Waals surface area contributed by atoms with Gasteiger partial charge < -0.3 is 4.90 Å². The van der Waals surface area contributed by atoms with Crippen LogP contribution in [0.25, 0.3) is 43.5 Å². The lowest BCUT2D eigenvalue weighted by Crippen LogP contribution is -2.16. The van der Waals surface area contributed by atoms with E-state index < -0.39 is 0 Å². The van der Waals surface area contributed by atoms with Crippen molar-refractivity contribution in [1.29, 1.82) is 0 Å². The first-order valence-electron chi connectivity index (χ1n) is 15.9. The smallest absolute Gasteiger partial charge is 0.0640 e. The summed E-state index contributed by atoms with van der Waals surface area (Å²) in [6.07, 6.45) is 2.21. The molecular formula is C43H33NS. The topological polar surface area (TPSA) is 3.24 Å². The highest BCUT2D eigenvalue weighted by Crippen LogP contribution is 2.53. The van der Waals surface area contributed by atoms with Crippen LogP contribution in [0.4, 0.5) is 17.1 Å².